The second-order valence-electron chi connectivity index (χ2n) is 7.41. The van der Waals surface area contributed by atoms with Crippen LogP contribution in [0.2, 0.25) is 0 Å². The van der Waals surface area contributed by atoms with Gasteiger partial charge in [-0.05, 0) is 44.0 Å². The Morgan fingerprint density at radius 3 is 2.20 bits per heavy atom. The summed E-state index contributed by atoms with van der Waals surface area (Å²) < 4.78 is 25.9. The lowest BCUT2D eigenvalue weighted by molar-refractivity contribution is -0.139. The highest BCUT2D eigenvalue weighted by molar-refractivity contribution is 7.92. The van der Waals surface area contributed by atoms with Crippen LogP contribution in [0, 0.1) is 13.8 Å². The molecule has 2 aromatic carbocycles. The first-order valence-corrected chi connectivity index (χ1v) is 11.5. The molecular weight excluding hydrogens is 402 g/mol. The Morgan fingerprint density at radius 1 is 1.03 bits per heavy atom. The number of carbonyl (C=O) groups excluding carboxylic acids is 2. The van der Waals surface area contributed by atoms with E-state index in [0.29, 0.717) is 5.69 Å². The molecule has 8 heteroatoms. The highest BCUT2D eigenvalue weighted by Crippen LogP contribution is 2.20. The molecule has 1 N–H and O–H groups in total. The van der Waals surface area contributed by atoms with E-state index in [0.717, 1.165) is 27.3 Å². The molecule has 30 heavy (non-hydrogen) atoms. The minimum absolute atomic E-state index is 0.194. The lowest BCUT2D eigenvalue weighted by Crippen LogP contribution is -2.50. The molecule has 0 bridgehead atoms. The second kappa shape index (κ2) is 9.75. The quantitative estimate of drug-likeness (QED) is 0.694. The summed E-state index contributed by atoms with van der Waals surface area (Å²) in [6, 6.07) is 13.8. The summed E-state index contributed by atoms with van der Waals surface area (Å²) in [5.41, 5.74) is 3.22. The Hall–Kier alpha value is -2.87. The molecule has 0 aliphatic carbocycles. The van der Waals surface area contributed by atoms with E-state index < -0.39 is 28.5 Å². The van der Waals surface area contributed by atoms with Gasteiger partial charge < -0.3 is 10.2 Å². The third-order valence-electron chi connectivity index (χ3n) is 4.86. The van der Waals surface area contributed by atoms with Crippen molar-refractivity contribution in [2.75, 3.05) is 24.2 Å². The first kappa shape index (κ1) is 23.4. The Kier molecular flexibility index (Phi) is 7.61. The number of sulfonamides is 1. The molecule has 0 saturated heterocycles. The lowest BCUT2D eigenvalue weighted by Gasteiger charge is -2.31. The smallest absolute Gasteiger partial charge is 0.244 e. The molecule has 1 atom stereocenters. The Labute approximate surface area is 178 Å². The van der Waals surface area contributed by atoms with Crippen molar-refractivity contribution in [2.24, 2.45) is 0 Å². The molecule has 0 saturated carbocycles. The molecule has 1 unspecified atom stereocenters. The highest BCUT2D eigenvalue weighted by atomic mass is 32.2. The summed E-state index contributed by atoms with van der Waals surface area (Å²) in [5.74, 6) is -0.782. The van der Waals surface area contributed by atoms with Crippen LogP contribution in [0.4, 0.5) is 5.69 Å². The third kappa shape index (κ3) is 6.06. The summed E-state index contributed by atoms with van der Waals surface area (Å²) in [7, 11) is -2.21. The summed E-state index contributed by atoms with van der Waals surface area (Å²) in [6.45, 7) is 5.24. The summed E-state index contributed by atoms with van der Waals surface area (Å²) in [6.07, 6.45) is 1.06. The number of nitrogens with one attached hydrogen (secondary N) is 1. The van der Waals surface area contributed by atoms with Gasteiger partial charge in [0.15, 0.2) is 0 Å². The molecular formula is C22H29N3O4S. The van der Waals surface area contributed by atoms with E-state index >= 15 is 0 Å². The topological polar surface area (TPSA) is 86.8 Å². The molecule has 7 nitrogen and oxygen atoms in total. The van der Waals surface area contributed by atoms with E-state index in [1.807, 2.05) is 44.2 Å². The number of nitrogens with zero attached hydrogens (tertiary/aromatic N) is 2. The highest BCUT2D eigenvalue weighted by Gasteiger charge is 2.29. The summed E-state index contributed by atoms with van der Waals surface area (Å²) >= 11 is 0. The maximum atomic E-state index is 13.2. The van der Waals surface area contributed by atoms with Crippen LogP contribution in [-0.2, 0) is 26.2 Å². The number of aryl methyl sites for hydroxylation is 2. The normalized spacial score (nSPS) is 12.2. The van der Waals surface area contributed by atoms with Gasteiger partial charge in [-0.3, -0.25) is 13.9 Å². The molecule has 0 aliphatic heterocycles. The van der Waals surface area contributed by atoms with Crippen molar-refractivity contribution in [3.05, 3.63) is 65.2 Å². The Bertz CT molecular complexity index is 1000. The number of benzene rings is 2. The zero-order chi connectivity index (χ0) is 22.5. The van der Waals surface area contributed by atoms with E-state index in [-0.39, 0.29) is 12.5 Å². The predicted molar refractivity (Wildman–Crippen MR) is 119 cm³/mol. The first-order valence-electron chi connectivity index (χ1n) is 9.64. The van der Waals surface area contributed by atoms with Crippen LogP contribution in [-0.4, -0.2) is 51.0 Å². The summed E-state index contributed by atoms with van der Waals surface area (Å²) in [5, 5.41) is 2.55. The number of hydrogen-bond acceptors (Lipinski definition) is 4. The van der Waals surface area contributed by atoms with E-state index in [1.54, 1.807) is 25.1 Å². The molecule has 0 heterocycles. The fourth-order valence-electron chi connectivity index (χ4n) is 3.08. The molecule has 0 radical (unpaired) electrons. The average Bonchev–Trinajstić information content (AvgIpc) is 2.69. The minimum atomic E-state index is -3.71. The first-order chi connectivity index (χ1) is 14.0. The molecule has 2 amide bonds. The second-order valence-corrected chi connectivity index (χ2v) is 9.31. The molecule has 0 spiro atoms. The van der Waals surface area contributed by atoms with Crippen LogP contribution in [0.5, 0.6) is 0 Å². The Balaban J connectivity index is 2.36. The van der Waals surface area contributed by atoms with E-state index in [4.69, 9.17) is 0 Å². The van der Waals surface area contributed by atoms with Gasteiger partial charge in [-0.2, -0.15) is 0 Å². The predicted octanol–water partition coefficient (Wildman–Crippen LogP) is 2.23. The van der Waals surface area contributed by atoms with Crippen molar-refractivity contribution in [3.63, 3.8) is 0 Å². The van der Waals surface area contributed by atoms with Crippen LogP contribution in [0.3, 0.4) is 0 Å². The summed E-state index contributed by atoms with van der Waals surface area (Å²) in [4.78, 5) is 26.9. The van der Waals surface area contributed by atoms with E-state index in [2.05, 4.69) is 5.32 Å². The van der Waals surface area contributed by atoms with Gasteiger partial charge >= 0.3 is 0 Å². The van der Waals surface area contributed by atoms with Crippen molar-refractivity contribution < 1.29 is 18.0 Å². The van der Waals surface area contributed by atoms with E-state index in [1.165, 1.54) is 11.9 Å². The monoisotopic (exact) mass is 431 g/mol. The van der Waals surface area contributed by atoms with Crippen molar-refractivity contribution in [2.45, 2.75) is 33.4 Å². The molecule has 0 aromatic heterocycles. The molecule has 2 aromatic rings. The number of hydrogen-bond donors (Lipinski definition) is 1. The fraction of sp³-hybridized carbons (Fsp3) is 0.364. The van der Waals surface area contributed by atoms with Crippen LogP contribution in [0.1, 0.15) is 23.6 Å². The van der Waals surface area contributed by atoms with Gasteiger partial charge in [-0.15, -0.1) is 0 Å². The zero-order valence-corrected chi connectivity index (χ0v) is 18.9. The van der Waals surface area contributed by atoms with Crippen LogP contribution >= 0.6 is 0 Å². The van der Waals surface area contributed by atoms with Gasteiger partial charge in [-0.1, -0.05) is 42.0 Å². The van der Waals surface area contributed by atoms with Gasteiger partial charge in [0.25, 0.3) is 0 Å². The number of amides is 2. The van der Waals surface area contributed by atoms with Crippen LogP contribution < -0.4 is 9.62 Å². The maximum absolute atomic E-state index is 13.2. The number of likely N-dealkylation sites (N-methyl/N-ethyl adjacent to an activating group) is 1. The minimum Gasteiger partial charge on any atom is -0.357 e. The molecule has 0 aliphatic rings. The number of rotatable bonds is 8. The standard InChI is InChI=1S/C22H29N3O4S/c1-16-9-11-19(12-10-16)14-24(18(3)22(27)23-4)21(26)15-25(30(5,28)29)20-8-6-7-17(2)13-20/h6-13,18H,14-15H2,1-5H3,(H,23,27). The Morgan fingerprint density at radius 2 is 1.67 bits per heavy atom. The van der Waals surface area contributed by atoms with Gasteiger partial charge in [0, 0.05) is 13.6 Å². The van der Waals surface area contributed by atoms with Gasteiger partial charge in [0.2, 0.25) is 21.8 Å². The molecule has 0 fully saturated rings. The van der Waals surface area contributed by atoms with Crippen LogP contribution in [0.15, 0.2) is 48.5 Å². The van der Waals surface area contributed by atoms with Crippen LogP contribution in [0.25, 0.3) is 0 Å². The van der Waals surface area contributed by atoms with Crippen molar-refractivity contribution in [1.29, 1.82) is 0 Å². The number of carbonyl (C=O) groups is 2. The molecule has 162 valence electrons. The van der Waals surface area contributed by atoms with Gasteiger partial charge in [0.1, 0.15) is 12.6 Å². The van der Waals surface area contributed by atoms with Crippen molar-refractivity contribution in [3.8, 4) is 0 Å². The van der Waals surface area contributed by atoms with Crippen molar-refractivity contribution >= 4 is 27.5 Å². The van der Waals surface area contributed by atoms with Gasteiger partial charge in [-0.25, -0.2) is 8.42 Å². The average molecular weight is 432 g/mol. The largest absolute Gasteiger partial charge is 0.357 e. The fourth-order valence-corrected chi connectivity index (χ4v) is 3.92. The van der Waals surface area contributed by atoms with E-state index in [9.17, 15) is 18.0 Å². The zero-order valence-electron chi connectivity index (χ0n) is 18.0. The molecule has 2 rings (SSSR count). The lowest BCUT2D eigenvalue weighted by atomic mass is 10.1. The third-order valence-corrected chi connectivity index (χ3v) is 6.00. The maximum Gasteiger partial charge on any atom is 0.244 e. The van der Waals surface area contributed by atoms with Crippen molar-refractivity contribution in [1.82, 2.24) is 10.2 Å². The number of anilines is 1. The SMILES string of the molecule is CNC(=O)C(C)N(Cc1ccc(C)cc1)C(=O)CN(c1cccc(C)c1)S(C)(=O)=O. The van der Waals surface area contributed by atoms with Gasteiger partial charge in [0.05, 0.1) is 11.9 Å².